The normalized spacial score (nSPS) is 23.2. The number of nitrogens with zero attached hydrogens (tertiary/aromatic N) is 1. The van der Waals surface area contributed by atoms with Crippen LogP contribution in [0.5, 0.6) is 0 Å². The van der Waals surface area contributed by atoms with Gasteiger partial charge in [0.2, 0.25) is 0 Å². The van der Waals surface area contributed by atoms with Gasteiger partial charge in [-0.2, -0.15) is 0 Å². The molecule has 1 heterocycles. The number of aliphatic imine (C=N–C) groups is 1. The standard InChI is InChI=1S/C8H12N2/c1-3-5-7-6-9-8(4-2)10-7/h3-4,7H,1-2,5-6H2,(H,9,10). The van der Waals surface area contributed by atoms with Crippen molar-refractivity contribution < 1.29 is 0 Å². The minimum atomic E-state index is 0.450. The third-order valence-corrected chi connectivity index (χ3v) is 1.48. The van der Waals surface area contributed by atoms with E-state index in [4.69, 9.17) is 0 Å². The highest BCUT2D eigenvalue weighted by atomic mass is 15.1. The van der Waals surface area contributed by atoms with Crippen molar-refractivity contribution in [1.82, 2.24) is 5.32 Å². The van der Waals surface area contributed by atoms with Gasteiger partial charge in [-0.05, 0) is 12.5 Å². The van der Waals surface area contributed by atoms with Gasteiger partial charge in [-0.1, -0.05) is 12.7 Å². The van der Waals surface area contributed by atoms with Crippen LogP contribution in [0.1, 0.15) is 6.42 Å². The van der Waals surface area contributed by atoms with Crippen molar-refractivity contribution in [2.24, 2.45) is 4.99 Å². The van der Waals surface area contributed by atoms with Crippen LogP contribution < -0.4 is 5.32 Å². The highest BCUT2D eigenvalue weighted by Gasteiger charge is 2.12. The summed E-state index contributed by atoms with van der Waals surface area (Å²) >= 11 is 0. The summed E-state index contributed by atoms with van der Waals surface area (Å²) in [5.41, 5.74) is 0. The predicted octanol–water partition coefficient (Wildman–Crippen LogP) is 1.12. The molecule has 0 aliphatic carbocycles. The van der Waals surface area contributed by atoms with Gasteiger partial charge in [-0.3, -0.25) is 4.99 Å². The smallest absolute Gasteiger partial charge is 0.120 e. The van der Waals surface area contributed by atoms with E-state index >= 15 is 0 Å². The molecule has 2 nitrogen and oxygen atoms in total. The fourth-order valence-electron chi connectivity index (χ4n) is 0.967. The van der Waals surface area contributed by atoms with E-state index in [0.29, 0.717) is 6.04 Å². The molecule has 0 aromatic heterocycles. The fraction of sp³-hybridized carbons (Fsp3) is 0.375. The maximum Gasteiger partial charge on any atom is 0.120 e. The van der Waals surface area contributed by atoms with Crippen molar-refractivity contribution in [3.05, 3.63) is 25.3 Å². The molecule has 0 fully saturated rings. The van der Waals surface area contributed by atoms with Crippen LogP contribution in [0.2, 0.25) is 0 Å². The van der Waals surface area contributed by atoms with Crippen molar-refractivity contribution in [3.8, 4) is 0 Å². The summed E-state index contributed by atoms with van der Waals surface area (Å²) in [5.74, 6) is 0.909. The van der Waals surface area contributed by atoms with Crippen LogP contribution in [0.15, 0.2) is 30.3 Å². The molecule has 1 aliphatic rings. The Morgan fingerprint density at radius 2 is 2.50 bits per heavy atom. The highest BCUT2D eigenvalue weighted by molar-refractivity contribution is 5.93. The zero-order valence-corrected chi connectivity index (χ0v) is 6.01. The number of hydrogen-bond acceptors (Lipinski definition) is 2. The quantitative estimate of drug-likeness (QED) is 0.578. The average molecular weight is 136 g/mol. The minimum absolute atomic E-state index is 0.450. The second-order valence-corrected chi connectivity index (χ2v) is 2.30. The van der Waals surface area contributed by atoms with Gasteiger partial charge in [-0.25, -0.2) is 0 Å². The minimum Gasteiger partial charge on any atom is -0.365 e. The van der Waals surface area contributed by atoms with Gasteiger partial charge >= 0.3 is 0 Å². The molecule has 0 aromatic carbocycles. The molecule has 1 aliphatic heterocycles. The molecular weight excluding hydrogens is 124 g/mol. The Kier molecular flexibility index (Phi) is 2.26. The first-order valence-corrected chi connectivity index (χ1v) is 3.41. The zero-order valence-electron chi connectivity index (χ0n) is 6.01. The van der Waals surface area contributed by atoms with Crippen LogP contribution in [0, 0.1) is 0 Å². The third-order valence-electron chi connectivity index (χ3n) is 1.48. The Balaban J connectivity index is 2.35. The second-order valence-electron chi connectivity index (χ2n) is 2.30. The Hall–Kier alpha value is -1.05. The van der Waals surface area contributed by atoms with E-state index in [9.17, 15) is 0 Å². The Morgan fingerprint density at radius 1 is 1.70 bits per heavy atom. The van der Waals surface area contributed by atoms with E-state index in [1.165, 1.54) is 0 Å². The van der Waals surface area contributed by atoms with E-state index in [1.54, 1.807) is 6.08 Å². The molecule has 1 atom stereocenters. The van der Waals surface area contributed by atoms with Crippen LogP contribution in [0.25, 0.3) is 0 Å². The van der Waals surface area contributed by atoms with Gasteiger partial charge < -0.3 is 5.32 Å². The van der Waals surface area contributed by atoms with Crippen molar-refractivity contribution in [1.29, 1.82) is 0 Å². The Labute approximate surface area is 61.4 Å². The predicted molar refractivity (Wildman–Crippen MR) is 44.2 cm³/mol. The topological polar surface area (TPSA) is 24.4 Å². The molecular formula is C8H12N2. The number of amidine groups is 1. The van der Waals surface area contributed by atoms with Crippen LogP contribution in [-0.4, -0.2) is 18.4 Å². The van der Waals surface area contributed by atoms with Crippen LogP contribution in [0.3, 0.4) is 0 Å². The van der Waals surface area contributed by atoms with Gasteiger partial charge in [0.1, 0.15) is 5.84 Å². The average Bonchev–Trinajstić information content (AvgIpc) is 2.37. The first-order valence-electron chi connectivity index (χ1n) is 3.41. The lowest BCUT2D eigenvalue weighted by Crippen LogP contribution is -2.28. The SMILES string of the molecule is C=CCC1CN=C(C=C)N1. The van der Waals surface area contributed by atoms with E-state index < -0.39 is 0 Å². The molecule has 0 saturated carbocycles. The molecule has 1 rings (SSSR count). The van der Waals surface area contributed by atoms with E-state index in [-0.39, 0.29) is 0 Å². The van der Waals surface area contributed by atoms with Crippen LogP contribution in [0.4, 0.5) is 0 Å². The molecule has 0 saturated heterocycles. The molecule has 0 bridgehead atoms. The van der Waals surface area contributed by atoms with Crippen LogP contribution in [-0.2, 0) is 0 Å². The maximum absolute atomic E-state index is 4.19. The van der Waals surface area contributed by atoms with Gasteiger partial charge in [0, 0.05) is 0 Å². The number of nitrogens with one attached hydrogen (secondary N) is 1. The first kappa shape index (κ1) is 7.06. The van der Waals surface area contributed by atoms with E-state index in [1.807, 2.05) is 6.08 Å². The number of rotatable bonds is 3. The van der Waals surface area contributed by atoms with Crippen molar-refractivity contribution in [2.45, 2.75) is 12.5 Å². The summed E-state index contributed by atoms with van der Waals surface area (Å²) in [5, 5.41) is 3.20. The summed E-state index contributed by atoms with van der Waals surface area (Å²) in [6.45, 7) is 8.13. The van der Waals surface area contributed by atoms with Gasteiger partial charge in [0.15, 0.2) is 0 Å². The molecule has 0 spiro atoms. The van der Waals surface area contributed by atoms with Gasteiger partial charge in [0.05, 0.1) is 12.6 Å². The summed E-state index contributed by atoms with van der Waals surface area (Å²) < 4.78 is 0. The molecule has 1 unspecified atom stereocenters. The molecule has 1 N–H and O–H groups in total. The Bertz CT molecular complexity index is 170. The van der Waals surface area contributed by atoms with E-state index in [0.717, 1.165) is 18.8 Å². The fourth-order valence-corrected chi connectivity index (χ4v) is 0.967. The highest BCUT2D eigenvalue weighted by Crippen LogP contribution is 2.00. The van der Waals surface area contributed by atoms with Crippen molar-refractivity contribution in [3.63, 3.8) is 0 Å². The van der Waals surface area contributed by atoms with Crippen molar-refractivity contribution in [2.75, 3.05) is 6.54 Å². The van der Waals surface area contributed by atoms with Gasteiger partial charge in [0.25, 0.3) is 0 Å². The second kappa shape index (κ2) is 3.20. The maximum atomic E-state index is 4.19. The van der Waals surface area contributed by atoms with E-state index in [2.05, 4.69) is 23.5 Å². The lowest BCUT2D eigenvalue weighted by molar-refractivity contribution is 0.669. The molecule has 10 heavy (non-hydrogen) atoms. The molecule has 0 aromatic rings. The molecule has 54 valence electrons. The van der Waals surface area contributed by atoms with Crippen LogP contribution >= 0.6 is 0 Å². The molecule has 0 amide bonds. The zero-order chi connectivity index (χ0) is 7.40. The third kappa shape index (κ3) is 1.47. The number of hydrogen-bond donors (Lipinski definition) is 1. The summed E-state index contributed by atoms with van der Waals surface area (Å²) in [4.78, 5) is 4.19. The summed E-state index contributed by atoms with van der Waals surface area (Å²) in [7, 11) is 0. The largest absolute Gasteiger partial charge is 0.365 e. The summed E-state index contributed by atoms with van der Waals surface area (Å²) in [6.07, 6.45) is 4.61. The molecule has 2 heteroatoms. The summed E-state index contributed by atoms with van der Waals surface area (Å²) in [6, 6.07) is 0.450. The first-order chi connectivity index (χ1) is 4.86. The Morgan fingerprint density at radius 3 is 3.00 bits per heavy atom. The monoisotopic (exact) mass is 136 g/mol. The van der Waals surface area contributed by atoms with Gasteiger partial charge in [-0.15, -0.1) is 6.58 Å². The lowest BCUT2D eigenvalue weighted by Gasteiger charge is -2.05. The van der Waals surface area contributed by atoms with Crippen molar-refractivity contribution >= 4 is 5.84 Å². The molecule has 0 radical (unpaired) electrons. The lowest BCUT2D eigenvalue weighted by atomic mass is 10.2.